The van der Waals surface area contributed by atoms with E-state index in [0.29, 0.717) is 48.6 Å². The van der Waals surface area contributed by atoms with E-state index in [1.54, 1.807) is 12.1 Å². The van der Waals surface area contributed by atoms with Crippen LogP contribution < -0.4 is 20.7 Å². The Balaban J connectivity index is 1.98. The molecule has 0 aliphatic heterocycles. The number of anilines is 3. The quantitative estimate of drug-likeness (QED) is 0.346. The molecular formula is C21H31N7O2S. The molecule has 0 unspecified atom stereocenters. The van der Waals surface area contributed by atoms with Gasteiger partial charge in [0.05, 0.1) is 11.1 Å². The molecule has 10 heteroatoms. The Labute approximate surface area is 184 Å². The molecule has 0 atom stereocenters. The van der Waals surface area contributed by atoms with Crippen molar-refractivity contribution in [2.24, 2.45) is 0 Å². The summed E-state index contributed by atoms with van der Waals surface area (Å²) >= 11 is 0. The molecule has 0 amide bonds. The van der Waals surface area contributed by atoms with Crippen molar-refractivity contribution in [2.45, 2.75) is 51.0 Å². The van der Waals surface area contributed by atoms with Gasteiger partial charge in [0.2, 0.25) is 16.0 Å². The molecule has 2 rings (SSSR count). The van der Waals surface area contributed by atoms with Crippen LogP contribution in [0.5, 0.6) is 0 Å². The Kier molecular flexibility index (Phi) is 9.65. The lowest BCUT2D eigenvalue weighted by molar-refractivity contribution is 0.554. The number of hydrogen-bond acceptors (Lipinski definition) is 8. The van der Waals surface area contributed by atoms with Gasteiger partial charge in [0.1, 0.15) is 17.5 Å². The summed E-state index contributed by atoms with van der Waals surface area (Å²) in [6.07, 6.45) is 4.17. The van der Waals surface area contributed by atoms with Gasteiger partial charge in [-0.3, -0.25) is 0 Å². The van der Waals surface area contributed by atoms with Crippen LogP contribution in [-0.2, 0) is 10.0 Å². The van der Waals surface area contributed by atoms with E-state index in [0.717, 1.165) is 19.4 Å². The van der Waals surface area contributed by atoms with Crippen LogP contribution in [0, 0.1) is 11.3 Å². The maximum atomic E-state index is 12.4. The van der Waals surface area contributed by atoms with Gasteiger partial charge in [0.15, 0.2) is 0 Å². The topological polar surface area (TPSA) is 132 Å². The molecule has 0 aliphatic rings. The number of nitrogens with zero attached hydrogens (tertiary/aromatic N) is 3. The highest BCUT2D eigenvalue weighted by molar-refractivity contribution is 7.89. The normalized spacial score (nSPS) is 11.3. The Morgan fingerprint density at radius 1 is 1.10 bits per heavy atom. The third kappa shape index (κ3) is 8.13. The lowest BCUT2D eigenvalue weighted by Crippen LogP contribution is -2.29. The smallest absolute Gasteiger partial charge is 0.240 e. The number of nitriles is 1. The summed E-state index contributed by atoms with van der Waals surface area (Å²) in [5.41, 5.74) is 1.02. The van der Waals surface area contributed by atoms with E-state index in [9.17, 15) is 13.7 Å². The second kappa shape index (κ2) is 12.2. The number of unbranched alkanes of at least 4 members (excludes halogenated alkanes) is 1. The van der Waals surface area contributed by atoms with E-state index < -0.39 is 10.0 Å². The molecule has 4 N–H and O–H groups in total. The molecule has 0 bridgehead atoms. The van der Waals surface area contributed by atoms with Gasteiger partial charge in [-0.25, -0.2) is 18.1 Å². The minimum Gasteiger partial charge on any atom is -0.369 e. The largest absolute Gasteiger partial charge is 0.369 e. The Hall–Kier alpha value is -2.74. The molecule has 9 nitrogen and oxygen atoms in total. The Morgan fingerprint density at radius 3 is 2.48 bits per heavy atom. The highest BCUT2D eigenvalue weighted by Crippen LogP contribution is 2.19. The number of sulfonamides is 1. The zero-order valence-corrected chi connectivity index (χ0v) is 19.1. The molecule has 0 radical (unpaired) electrons. The maximum Gasteiger partial charge on any atom is 0.240 e. The molecule has 0 spiro atoms. The first-order chi connectivity index (χ1) is 14.9. The first-order valence-corrected chi connectivity index (χ1v) is 11.9. The highest BCUT2D eigenvalue weighted by Gasteiger charge is 2.13. The number of hydrogen-bond donors (Lipinski definition) is 4. The van der Waals surface area contributed by atoms with Crippen LogP contribution in [0.4, 0.5) is 17.5 Å². The molecule has 0 aliphatic carbocycles. The summed E-state index contributed by atoms with van der Waals surface area (Å²) in [6, 6.07) is 8.81. The Bertz CT molecular complexity index is 970. The highest BCUT2D eigenvalue weighted by atomic mass is 32.2. The molecular weight excluding hydrogens is 414 g/mol. The van der Waals surface area contributed by atoms with Crippen LogP contribution in [0.1, 0.15) is 45.6 Å². The van der Waals surface area contributed by atoms with Crippen molar-refractivity contribution in [1.82, 2.24) is 20.0 Å². The van der Waals surface area contributed by atoms with Gasteiger partial charge in [-0.05, 0) is 43.7 Å². The fraction of sp³-hybridized carbons (Fsp3) is 0.476. The average Bonchev–Trinajstić information content (AvgIpc) is 2.74. The van der Waals surface area contributed by atoms with Crippen molar-refractivity contribution in [3.05, 3.63) is 36.0 Å². The van der Waals surface area contributed by atoms with Crippen LogP contribution in [0.15, 0.2) is 35.4 Å². The monoisotopic (exact) mass is 445 g/mol. The molecule has 1 aromatic heterocycles. The van der Waals surface area contributed by atoms with Crippen LogP contribution >= 0.6 is 0 Å². The van der Waals surface area contributed by atoms with Gasteiger partial charge in [-0.15, -0.1) is 0 Å². The van der Waals surface area contributed by atoms with Gasteiger partial charge < -0.3 is 16.0 Å². The molecule has 1 heterocycles. The fourth-order valence-corrected chi connectivity index (χ4v) is 3.73. The lowest BCUT2D eigenvalue weighted by Gasteiger charge is -2.11. The van der Waals surface area contributed by atoms with E-state index in [4.69, 9.17) is 0 Å². The first-order valence-electron chi connectivity index (χ1n) is 10.5. The maximum absolute atomic E-state index is 12.4. The fourth-order valence-electron chi connectivity index (χ4n) is 2.66. The zero-order valence-electron chi connectivity index (χ0n) is 18.3. The lowest BCUT2D eigenvalue weighted by atomic mass is 10.3. The summed E-state index contributed by atoms with van der Waals surface area (Å²) in [6.45, 7) is 8.02. The summed E-state index contributed by atoms with van der Waals surface area (Å²) in [5, 5.41) is 18.7. The van der Waals surface area contributed by atoms with Crippen molar-refractivity contribution in [3.8, 4) is 6.07 Å². The first kappa shape index (κ1) is 24.5. The van der Waals surface area contributed by atoms with Gasteiger partial charge >= 0.3 is 0 Å². The molecule has 0 saturated heterocycles. The molecule has 2 aromatic rings. The SMILES string of the molecule is CCCCNc1nc(Nc2ccc(S(=O)(=O)NCCCNC(C)C)cc2)ncc1C#N. The van der Waals surface area contributed by atoms with E-state index >= 15 is 0 Å². The Morgan fingerprint density at radius 2 is 1.84 bits per heavy atom. The summed E-state index contributed by atoms with van der Waals surface area (Å²) in [4.78, 5) is 8.71. The van der Waals surface area contributed by atoms with E-state index in [2.05, 4.69) is 43.6 Å². The molecule has 0 saturated carbocycles. The molecule has 0 fully saturated rings. The van der Waals surface area contributed by atoms with Crippen molar-refractivity contribution in [3.63, 3.8) is 0 Å². The van der Waals surface area contributed by atoms with E-state index in [1.807, 2.05) is 13.8 Å². The zero-order chi connectivity index (χ0) is 22.7. The number of benzene rings is 1. The third-order valence-electron chi connectivity index (χ3n) is 4.35. The van der Waals surface area contributed by atoms with Crippen LogP contribution in [0.3, 0.4) is 0 Å². The number of nitrogens with one attached hydrogen (secondary N) is 4. The van der Waals surface area contributed by atoms with Crippen molar-refractivity contribution in [1.29, 1.82) is 5.26 Å². The predicted molar refractivity (Wildman–Crippen MR) is 123 cm³/mol. The van der Waals surface area contributed by atoms with Gasteiger partial charge in [-0.1, -0.05) is 27.2 Å². The van der Waals surface area contributed by atoms with Crippen molar-refractivity contribution < 1.29 is 8.42 Å². The minimum atomic E-state index is -3.56. The van der Waals surface area contributed by atoms with Crippen LogP contribution in [0.25, 0.3) is 0 Å². The van der Waals surface area contributed by atoms with Crippen LogP contribution in [0.2, 0.25) is 0 Å². The standard InChI is InChI=1S/C21H31N7O2S/c1-4-5-11-24-20-17(14-22)15-25-21(28-20)27-18-7-9-19(10-8-18)31(29,30)26-13-6-12-23-16(2)3/h7-10,15-16,23,26H,4-6,11-13H2,1-3H3,(H2,24,25,27,28). The average molecular weight is 446 g/mol. The minimum absolute atomic E-state index is 0.192. The predicted octanol–water partition coefficient (Wildman–Crippen LogP) is 2.97. The summed E-state index contributed by atoms with van der Waals surface area (Å²) in [7, 11) is -3.56. The number of rotatable bonds is 13. The molecule has 168 valence electrons. The summed E-state index contributed by atoms with van der Waals surface area (Å²) < 4.78 is 27.5. The van der Waals surface area contributed by atoms with Crippen molar-refractivity contribution in [2.75, 3.05) is 30.3 Å². The second-order valence-electron chi connectivity index (χ2n) is 7.36. The molecule has 31 heavy (non-hydrogen) atoms. The molecule has 1 aromatic carbocycles. The summed E-state index contributed by atoms with van der Waals surface area (Å²) in [5.74, 6) is 0.799. The van der Waals surface area contributed by atoms with E-state index in [-0.39, 0.29) is 4.90 Å². The third-order valence-corrected chi connectivity index (χ3v) is 5.83. The van der Waals surface area contributed by atoms with Crippen molar-refractivity contribution >= 4 is 27.5 Å². The van der Waals surface area contributed by atoms with Crippen LogP contribution in [-0.4, -0.2) is 44.1 Å². The van der Waals surface area contributed by atoms with Gasteiger partial charge in [-0.2, -0.15) is 10.2 Å². The number of aromatic nitrogens is 2. The second-order valence-corrected chi connectivity index (χ2v) is 9.12. The van der Waals surface area contributed by atoms with Gasteiger partial charge in [0.25, 0.3) is 0 Å². The van der Waals surface area contributed by atoms with Gasteiger partial charge in [0, 0.05) is 24.8 Å². The van der Waals surface area contributed by atoms with E-state index in [1.165, 1.54) is 18.3 Å².